The fourth-order valence-corrected chi connectivity index (χ4v) is 8.79. The molecule has 4 fully saturated rings. The molecule has 4 aliphatic rings. The van der Waals surface area contributed by atoms with Crippen molar-refractivity contribution in [3.63, 3.8) is 0 Å². The summed E-state index contributed by atoms with van der Waals surface area (Å²) >= 11 is 0. The summed E-state index contributed by atoms with van der Waals surface area (Å²) in [4.78, 5) is 30.1. The Balaban J connectivity index is 1.23. The Hall–Kier alpha value is -5.41. The molecule has 3 saturated heterocycles. The zero-order valence-electron chi connectivity index (χ0n) is 32.7. The number of carbonyl (C=O) groups is 1. The van der Waals surface area contributed by atoms with Gasteiger partial charge in [0.05, 0.1) is 23.8 Å². The Morgan fingerprint density at radius 2 is 1.84 bits per heavy atom. The van der Waals surface area contributed by atoms with E-state index in [1.54, 1.807) is 6.20 Å². The van der Waals surface area contributed by atoms with Gasteiger partial charge in [0.25, 0.3) is 0 Å². The molecule has 5 heterocycles. The van der Waals surface area contributed by atoms with Gasteiger partial charge >= 0.3 is 12.1 Å². The van der Waals surface area contributed by atoms with Gasteiger partial charge in [0.15, 0.2) is 5.75 Å². The fourth-order valence-electron chi connectivity index (χ4n) is 8.79. The number of carbonyl (C=O) groups excluding carboxylic acids is 1. The Bertz CT molecular complexity index is 2380. The van der Waals surface area contributed by atoms with Gasteiger partial charge in [-0.25, -0.2) is 9.18 Å². The van der Waals surface area contributed by atoms with E-state index in [0.717, 1.165) is 83.1 Å². The summed E-state index contributed by atoms with van der Waals surface area (Å²) in [6, 6.07) is 12.0. The topological polar surface area (TPSA) is 109 Å². The number of hydrogen-bond acceptors (Lipinski definition) is 9. The number of fused-ring (bicyclic) bond motifs is 4. The van der Waals surface area contributed by atoms with Crippen LogP contribution >= 0.6 is 0 Å². The summed E-state index contributed by atoms with van der Waals surface area (Å²) in [7, 11) is 2.12. The summed E-state index contributed by atoms with van der Waals surface area (Å²) in [5, 5.41) is 8.97. The van der Waals surface area contributed by atoms with Crippen LogP contribution in [0.4, 0.5) is 15.0 Å². The highest BCUT2D eigenvalue weighted by atomic mass is 19.1. The van der Waals surface area contributed by atoms with Crippen LogP contribution in [0.5, 0.6) is 11.8 Å². The molecule has 0 unspecified atom stereocenters. The number of terminal acetylenes is 1. The molecule has 3 aromatic carbocycles. The molecule has 12 heteroatoms. The number of hydrogen-bond donors (Lipinski definition) is 1. The van der Waals surface area contributed by atoms with Crippen molar-refractivity contribution in [2.24, 2.45) is 0 Å². The van der Waals surface area contributed by atoms with Crippen LogP contribution in [0.25, 0.3) is 32.9 Å². The van der Waals surface area contributed by atoms with E-state index in [1.165, 1.54) is 6.07 Å². The number of likely N-dealkylation sites (tertiary alicyclic amines) is 2. The number of halogens is 1. The number of anilines is 1. The first-order chi connectivity index (χ1) is 27.0. The largest absolute Gasteiger partial charge is 0.486 e. The third-order valence-corrected chi connectivity index (χ3v) is 11.9. The molecule has 2 aromatic heterocycles. The SMILES string of the molecule is C#Cc1ccc(COc2c(-c3c(C)c(F)cc4[nH]ncc34)c(C3CC3)cc3c(N4C[C@@H]5C[C@H]4CN5C(=O)OC(C)(C)C)nc(OC[C@@H]4CCCN4C)nc23)cc1. The summed E-state index contributed by atoms with van der Waals surface area (Å²) in [6.07, 6.45) is 12.1. The number of aromatic amines is 1. The van der Waals surface area contributed by atoms with Crippen molar-refractivity contribution in [1.29, 1.82) is 0 Å². The summed E-state index contributed by atoms with van der Waals surface area (Å²) < 4.78 is 35.2. The van der Waals surface area contributed by atoms with Crippen LogP contribution in [0.3, 0.4) is 0 Å². The van der Waals surface area contributed by atoms with Gasteiger partial charge in [-0.2, -0.15) is 15.1 Å². The Morgan fingerprint density at radius 1 is 1.04 bits per heavy atom. The minimum atomic E-state index is -0.584. The predicted molar refractivity (Wildman–Crippen MR) is 214 cm³/mol. The highest BCUT2D eigenvalue weighted by molar-refractivity contribution is 6.06. The summed E-state index contributed by atoms with van der Waals surface area (Å²) in [5.74, 6) is 3.91. The van der Waals surface area contributed by atoms with Crippen molar-refractivity contribution in [3.05, 3.63) is 70.7 Å². The van der Waals surface area contributed by atoms with Crippen molar-refractivity contribution in [2.75, 3.05) is 38.2 Å². The number of nitrogens with zero attached hydrogens (tertiary/aromatic N) is 6. The van der Waals surface area contributed by atoms with Crippen LogP contribution in [-0.2, 0) is 11.3 Å². The average Bonchev–Trinajstić information content (AvgIpc) is 3.44. The van der Waals surface area contributed by atoms with Crippen molar-refractivity contribution in [1.82, 2.24) is 30.0 Å². The number of ether oxygens (including phenoxy) is 3. The maximum atomic E-state index is 15.9. The minimum Gasteiger partial charge on any atom is -0.486 e. The molecule has 290 valence electrons. The Kier molecular flexibility index (Phi) is 9.03. The standard InChI is InChI=1S/C44H48FN7O4/c1-7-26-10-12-27(13-11-26)23-54-40-38(37-25(2)35(45)19-36-34(37)20-46-49-36)32(28-14-15-28)18-33-39(40)47-42(55-24-29-9-8-16-50(29)6)48-41(33)51-21-31-17-30(51)22-52(31)43(53)56-44(3,4)5/h1,10-13,18-20,28-31H,8-9,14-17,21-24H2,2-6H3,(H,46,49)/t29-,30-,31-/m0/s1. The second-order valence-corrected chi connectivity index (χ2v) is 16.9. The minimum absolute atomic E-state index is 0.0235. The normalized spacial score (nSPS) is 21.0. The molecule has 3 atom stereocenters. The van der Waals surface area contributed by atoms with E-state index in [-0.39, 0.29) is 48.6 Å². The van der Waals surface area contributed by atoms with Crippen molar-refractivity contribution >= 4 is 33.7 Å². The van der Waals surface area contributed by atoms with E-state index < -0.39 is 5.60 Å². The first-order valence-corrected chi connectivity index (χ1v) is 19.7. The van der Waals surface area contributed by atoms with Crippen LogP contribution in [-0.4, -0.2) is 93.1 Å². The van der Waals surface area contributed by atoms with Gasteiger partial charge in [0, 0.05) is 46.6 Å². The molecule has 1 N–H and O–H groups in total. The molecule has 3 aliphatic heterocycles. The molecular weight excluding hydrogens is 710 g/mol. The molecule has 1 saturated carbocycles. The van der Waals surface area contributed by atoms with E-state index in [0.29, 0.717) is 42.0 Å². The van der Waals surface area contributed by atoms with Gasteiger partial charge in [-0.1, -0.05) is 18.1 Å². The lowest BCUT2D eigenvalue weighted by Crippen LogP contribution is -2.50. The quantitative estimate of drug-likeness (QED) is 0.151. The number of benzene rings is 3. The Morgan fingerprint density at radius 3 is 2.52 bits per heavy atom. The number of rotatable bonds is 9. The van der Waals surface area contributed by atoms with E-state index in [2.05, 4.69) is 39.0 Å². The number of piperazine rings is 1. The molecule has 56 heavy (non-hydrogen) atoms. The monoisotopic (exact) mass is 757 g/mol. The van der Waals surface area contributed by atoms with Crippen LogP contribution in [0, 0.1) is 25.1 Å². The predicted octanol–water partition coefficient (Wildman–Crippen LogP) is 7.73. The Labute approximate surface area is 326 Å². The second-order valence-electron chi connectivity index (χ2n) is 16.9. The molecule has 0 spiro atoms. The van der Waals surface area contributed by atoms with Gasteiger partial charge in [-0.05, 0) is 120 Å². The molecule has 5 aromatic rings. The highest BCUT2D eigenvalue weighted by Crippen LogP contribution is 2.53. The third kappa shape index (κ3) is 6.66. The van der Waals surface area contributed by atoms with Gasteiger partial charge in [0.2, 0.25) is 0 Å². The van der Waals surface area contributed by atoms with Crippen LogP contribution < -0.4 is 14.4 Å². The van der Waals surface area contributed by atoms with Crippen LogP contribution in [0.2, 0.25) is 0 Å². The summed E-state index contributed by atoms with van der Waals surface area (Å²) in [6.45, 7) is 10.3. The summed E-state index contributed by atoms with van der Waals surface area (Å²) in [5.41, 5.74) is 5.46. The lowest BCUT2D eigenvalue weighted by atomic mass is 9.88. The maximum absolute atomic E-state index is 15.9. The highest BCUT2D eigenvalue weighted by Gasteiger charge is 2.48. The number of amides is 1. The first kappa shape index (κ1) is 36.2. The molecule has 9 rings (SSSR count). The smallest absolute Gasteiger partial charge is 0.410 e. The van der Waals surface area contributed by atoms with Gasteiger partial charge in [0.1, 0.15) is 36.0 Å². The lowest BCUT2D eigenvalue weighted by Gasteiger charge is -2.36. The van der Waals surface area contributed by atoms with Crippen LogP contribution in [0.15, 0.2) is 42.6 Å². The van der Waals surface area contributed by atoms with E-state index in [4.69, 9.17) is 30.6 Å². The number of aromatic nitrogens is 4. The van der Waals surface area contributed by atoms with Gasteiger partial charge < -0.3 is 28.9 Å². The number of nitrogens with one attached hydrogen (secondary N) is 1. The van der Waals surface area contributed by atoms with E-state index >= 15 is 4.39 Å². The number of H-pyrrole nitrogens is 1. The second kappa shape index (κ2) is 14.0. The zero-order chi connectivity index (χ0) is 38.9. The van der Waals surface area contributed by atoms with Crippen molar-refractivity contribution in [2.45, 2.75) is 96.1 Å². The van der Waals surface area contributed by atoms with Crippen molar-refractivity contribution in [3.8, 4) is 35.2 Å². The van der Waals surface area contributed by atoms with E-state index in [9.17, 15) is 4.79 Å². The zero-order valence-corrected chi connectivity index (χ0v) is 32.7. The average molecular weight is 758 g/mol. The fraction of sp³-hybridized carbons (Fsp3) is 0.455. The molecular formula is C44H48FN7O4. The van der Waals surface area contributed by atoms with Gasteiger partial charge in [-0.3, -0.25) is 5.10 Å². The van der Waals surface area contributed by atoms with Gasteiger partial charge in [-0.15, -0.1) is 6.42 Å². The van der Waals surface area contributed by atoms with E-state index in [1.807, 2.05) is 56.9 Å². The molecule has 1 aliphatic carbocycles. The number of likely N-dealkylation sites (N-methyl/N-ethyl adjacent to an activating group) is 1. The molecule has 2 bridgehead atoms. The molecule has 11 nitrogen and oxygen atoms in total. The molecule has 1 amide bonds. The third-order valence-electron chi connectivity index (χ3n) is 11.9. The lowest BCUT2D eigenvalue weighted by molar-refractivity contribution is 0.0214. The first-order valence-electron chi connectivity index (χ1n) is 19.7. The van der Waals surface area contributed by atoms with Crippen molar-refractivity contribution < 1.29 is 23.4 Å². The molecule has 0 radical (unpaired) electrons. The van der Waals surface area contributed by atoms with Crippen LogP contribution in [0.1, 0.15) is 81.0 Å². The maximum Gasteiger partial charge on any atom is 0.410 e.